The summed E-state index contributed by atoms with van der Waals surface area (Å²) >= 11 is 3.59. The van der Waals surface area contributed by atoms with Crippen LogP contribution in [0, 0.1) is 6.92 Å². The van der Waals surface area contributed by atoms with Gasteiger partial charge >= 0.3 is 0 Å². The Morgan fingerprint density at radius 3 is 2.75 bits per heavy atom. The van der Waals surface area contributed by atoms with Gasteiger partial charge in [-0.05, 0) is 55.6 Å². The first-order valence-corrected chi connectivity index (χ1v) is 7.86. The number of aryl methyl sites for hydroxylation is 3. The van der Waals surface area contributed by atoms with Crippen molar-refractivity contribution >= 4 is 15.9 Å². The van der Waals surface area contributed by atoms with E-state index in [-0.39, 0.29) is 0 Å². The van der Waals surface area contributed by atoms with Crippen molar-refractivity contribution in [3.63, 3.8) is 0 Å². The minimum Gasteiger partial charge on any atom is -0.310 e. The molecule has 108 valence electrons. The van der Waals surface area contributed by atoms with Crippen molar-refractivity contribution in [1.82, 2.24) is 15.1 Å². The molecule has 1 aromatic heterocycles. The highest BCUT2D eigenvalue weighted by Crippen LogP contribution is 2.24. The van der Waals surface area contributed by atoms with E-state index in [2.05, 4.69) is 64.5 Å². The van der Waals surface area contributed by atoms with Crippen LogP contribution in [0.2, 0.25) is 0 Å². The van der Waals surface area contributed by atoms with E-state index < -0.39 is 0 Å². The van der Waals surface area contributed by atoms with Crippen LogP contribution in [0.1, 0.15) is 36.2 Å². The number of hydrogen-bond acceptors (Lipinski definition) is 2. The quantitative estimate of drug-likeness (QED) is 0.870. The summed E-state index contributed by atoms with van der Waals surface area (Å²) in [6.07, 6.45) is 3.96. The predicted octanol–water partition coefficient (Wildman–Crippen LogP) is 3.77. The number of aromatic nitrogens is 2. The molecule has 0 fully saturated rings. The molecule has 3 nitrogen and oxygen atoms in total. The second-order valence-electron chi connectivity index (χ2n) is 5.16. The van der Waals surface area contributed by atoms with E-state index in [0.717, 1.165) is 23.9 Å². The summed E-state index contributed by atoms with van der Waals surface area (Å²) in [4.78, 5) is 0. The topological polar surface area (TPSA) is 29.9 Å². The van der Waals surface area contributed by atoms with E-state index in [1.165, 1.54) is 16.8 Å². The number of rotatable bonds is 6. The molecule has 2 aromatic rings. The lowest BCUT2D eigenvalue weighted by molar-refractivity contribution is 0.505. The first-order valence-electron chi connectivity index (χ1n) is 7.07. The molecule has 1 aromatic carbocycles. The van der Waals surface area contributed by atoms with Crippen LogP contribution in [0.4, 0.5) is 0 Å². The normalized spacial score (nSPS) is 12.6. The molecule has 4 heteroatoms. The number of hydrogen-bond donors (Lipinski definition) is 1. The molecule has 0 radical (unpaired) electrons. The molecule has 1 atom stereocenters. The molecule has 0 saturated carbocycles. The van der Waals surface area contributed by atoms with E-state index >= 15 is 0 Å². The van der Waals surface area contributed by atoms with Crippen molar-refractivity contribution < 1.29 is 0 Å². The van der Waals surface area contributed by atoms with Gasteiger partial charge in [0.05, 0.1) is 0 Å². The van der Waals surface area contributed by atoms with Crippen molar-refractivity contribution in [1.29, 1.82) is 0 Å². The molecule has 0 amide bonds. The van der Waals surface area contributed by atoms with E-state index in [1.54, 1.807) is 0 Å². The Balaban J connectivity index is 2.12. The Bertz CT molecular complexity index is 542. The monoisotopic (exact) mass is 335 g/mol. The molecule has 0 aliphatic heterocycles. The minimum atomic E-state index is 0.381. The van der Waals surface area contributed by atoms with Gasteiger partial charge in [0.2, 0.25) is 0 Å². The first-order chi connectivity index (χ1) is 9.60. The van der Waals surface area contributed by atoms with Gasteiger partial charge in [0.1, 0.15) is 0 Å². The molecule has 0 bridgehead atoms. The van der Waals surface area contributed by atoms with Gasteiger partial charge in [-0.2, -0.15) is 5.10 Å². The van der Waals surface area contributed by atoms with Crippen molar-refractivity contribution in [3.8, 4) is 0 Å². The van der Waals surface area contributed by atoms with Gasteiger partial charge in [-0.1, -0.05) is 28.9 Å². The highest BCUT2D eigenvalue weighted by Gasteiger charge is 2.12. The van der Waals surface area contributed by atoms with Crippen molar-refractivity contribution in [3.05, 3.63) is 51.8 Å². The summed E-state index contributed by atoms with van der Waals surface area (Å²) in [6, 6.07) is 9.10. The van der Waals surface area contributed by atoms with Crippen LogP contribution >= 0.6 is 15.9 Å². The van der Waals surface area contributed by atoms with E-state index in [4.69, 9.17) is 0 Å². The lowest BCUT2D eigenvalue weighted by Gasteiger charge is -2.19. The molecular formula is C16H22BrN3. The van der Waals surface area contributed by atoms with Crippen LogP contribution in [0.15, 0.2) is 34.9 Å². The van der Waals surface area contributed by atoms with Crippen molar-refractivity contribution in [2.45, 2.75) is 32.7 Å². The zero-order valence-corrected chi connectivity index (χ0v) is 13.9. The molecular weight excluding hydrogens is 314 g/mol. The van der Waals surface area contributed by atoms with Gasteiger partial charge < -0.3 is 5.32 Å². The highest BCUT2D eigenvalue weighted by molar-refractivity contribution is 9.10. The van der Waals surface area contributed by atoms with Crippen LogP contribution < -0.4 is 5.32 Å². The Labute approximate surface area is 129 Å². The van der Waals surface area contributed by atoms with Gasteiger partial charge in [0, 0.05) is 29.5 Å². The standard InChI is InChI=1S/C16H22BrN3/c1-4-18-16(6-5-15-7-8-19-20(15)3)13-9-12(2)10-14(17)11-13/h7-11,16,18H,4-6H2,1-3H3. The fourth-order valence-corrected chi connectivity index (χ4v) is 3.16. The van der Waals surface area contributed by atoms with Crippen LogP contribution in [-0.2, 0) is 13.5 Å². The molecule has 2 rings (SSSR count). The second-order valence-corrected chi connectivity index (χ2v) is 6.07. The third kappa shape index (κ3) is 3.93. The average molecular weight is 336 g/mol. The fourth-order valence-electron chi connectivity index (χ4n) is 2.54. The zero-order valence-electron chi connectivity index (χ0n) is 12.4. The zero-order chi connectivity index (χ0) is 14.5. The second kappa shape index (κ2) is 7.04. The fraction of sp³-hybridized carbons (Fsp3) is 0.438. The van der Waals surface area contributed by atoms with Gasteiger partial charge in [-0.3, -0.25) is 4.68 Å². The van der Waals surface area contributed by atoms with Crippen molar-refractivity contribution in [2.75, 3.05) is 6.54 Å². The van der Waals surface area contributed by atoms with Gasteiger partial charge in [-0.25, -0.2) is 0 Å². The molecule has 20 heavy (non-hydrogen) atoms. The highest BCUT2D eigenvalue weighted by atomic mass is 79.9. The maximum absolute atomic E-state index is 4.23. The summed E-state index contributed by atoms with van der Waals surface area (Å²) in [5, 5.41) is 7.82. The molecule has 1 N–H and O–H groups in total. The molecule has 0 aliphatic carbocycles. The molecule has 0 spiro atoms. The SMILES string of the molecule is CCNC(CCc1ccnn1C)c1cc(C)cc(Br)c1. The number of halogens is 1. The maximum Gasteiger partial charge on any atom is 0.0492 e. The van der Waals surface area contributed by atoms with Gasteiger partial charge in [0.25, 0.3) is 0 Å². The summed E-state index contributed by atoms with van der Waals surface area (Å²) in [7, 11) is 2.00. The Hall–Kier alpha value is -1.13. The van der Waals surface area contributed by atoms with E-state index in [1.807, 2.05) is 17.9 Å². The molecule has 1 unspecified atom stereocenters. The third-order valence-corrected chi connectivity index (χ3v) is 3.99. The van der Waals surface area contributed by atoms with E-state index in [0.29, 0.717) is 6.04 Å². The largest absolute Gasteiger partial charge is 0.310 e. The predicted molar refractivity (Wildman–Crippen MR) is 86.8 cm³/mol. The van der Waals surface area contributed by atoms with Crippen LogP contribution in [-0.4, -0.2) is 16.3 Å². The van der Waals surface area contributed by atoms with Crippen LogP contribution in [0.3, 0.4) is 0 Å². The molecule has 0 aliphatic rings. The van der Waals surface area contributed by atoms with Gasteiger partial charge in [-0.15, -0.1) is 0 Å². The van der Waals surface area contributed by atoms with Crippen molar-refractivity contribution in [2.24, 2.45) is 7.05 Å². The van der Waals surface area contributed by atoms with Crippen LogP contribution in [0.5, 0.6) is 0 Å². The summed E-state index contributed by atoms with van der Waals surface area (Å²) in [5.41, 5.74) is 3.92. The molecule has 0 saturated heterocycles. The van der Waals surface area contributed by atoms with Crippen LogP contribution in [0.25, 0.3) is 0 Å². The Morgan fingerprint density at radius 2 is 2.15 bits per heavy atom. The third-order valence-electron chi connectivity index (χ3n) is 3.53. The van der Waals surface area contributed by atoms with Gasteiger partial charge in [0.15, 0.2) is 0 Å². The smallest absolute Gasteiger partial charge is 0.0492 e. The lowest BCUT2D eigenvalue weighted by atomic mass is 9.99. The molecule has 1 heterocycles. The Morgan fingerprint density at radius 1 is 1.35 bits per heavy atom. The lowest BCUT2D eigenvalue weighted by Crippen LogP contribution is -2.22. The number of nitrogens with zero attached hydrogens (tertiary/aromatic N) is 2. The number of benzene rings is 1. The summed E-state index contributed by atoms with van der Waals surface area (Å²) < 4.78 is 3.10. The first kappa shape index (κ1) is 15.3. The number of nitrogens with one attached hydrogen (secondary N) is 1. The summed E-state index contributed by atoms with van der Waals surface area (Å²) in [5.74, 6) is 0. The summed E-state index contributed by atoms with van der Waals surface area (Å²) in [6.45, 7) is 5.27. The maximum atomic E-state index is 4.23. The minimum absolute atomic E-state index is 0.381. The van der Waals surface area contributed by atoms with E-state index in [9.17, 15) is 0 Å². The Kier molecular flexibility index (Phi) is 5.38. The average Bonchev–Trinajstić information content (AvgIpc) is 2.79.